The fourth-order valence-corrected chi connectivity index (χ4v) is 4.03. The van der Waals surface area contributed by atoms with E-state index >= 15 is 0 Å². The van der Waals surface area contributed by atoms with Crippen LogP contribution in [0, 0.1) is 0 Å². The van der Waals surface area contributed by atoms with Crippen molar-refractivity contribution in [2.45, 2.75) is 13.3 Å². The summed E-state index contributed by atoms with van der Waals surface area (Å²) in [6.45, 7) is 7.14. The number of phenols is 1. The van der Waals surface area contributed by atoms with Crippen LogP contribution in [0.3, 0.4) is 0 Å². The number of hydrogen-bond donors (Lipinski definition) is 1. The van der Waals surface area contributed by atoms with Gasteiger partial charge >= 0.3 is 0 Å². The van der Waals surface area contributed by atoms with Crippen LogP contribution in [0.1, 0.15) is 30.0 Å². The van der Waals surface area contributed by atoms with Gasteiger partial charge < -0.3 is 14.6 Å². The van der Waals surface area contributed by atoms with Crippen LogP contribution in [0.25, 0.3) is 11.1 Å². The molecule has 0 bridgehead atoms. The van der Waals surface area contributed by atoms with Crippen LogP contribution in [0.4, 0.5) is 0 Å². The molecule has 32 heavy (non-hydrogen) atoms. The number of aromatic hydroxyl groups is 1. The van der Waals surface area contributed by atoms with Gasteiger partial charge in [0.2, 0.25) is 5.88 Å². The Morgan fingerprint density at radius 3 is 2.31 bits per heavy atom. The summed E-state index contributed by atoms with van der Waals surface area (Å²) in [5.41, 5.74) is 5.61. The normalized spacial score (nSPS) is 15.3. The van der Waals surface area contributed by atoms with E-state index in [1.807, 2.05) is 30.5 Å². The van der Waals surface area contributed by atoms with E-state index in [1.54, 1.807) is 12.1 Å². The second kappa shape index (κ2) is 10.9. The molecule has 0 atom stereocenters. The molecule has 0 amide bonds. The highest BCUT2D eigenvalue weighted by Gasteiger charge is 2.14. The molecular weight excluding hydrogens is 400 g/mol. The average Bonchev–Trinajstić information content (AvgIpc) is 2.85. The van der Waals surface area contributed by atoms with Crippen LogP contribution in [-0.4, -0.2) is 54.4 Å². The van der Waals surface area contributed by atoms with E-state index in [2.05, 4.69) is 47.1 Å². The van der Waals surface area contributed by atoms with Crippen molar-refractivity contribution in [1.82, 2.24) is 9.88 Å². The summed E-state index contributed by atoms with van der Waals surface area (Å²) < 4.78 is 11.3. The Hall–Kier alpha value is -3.15. The largest absolute Gasteiger partial charge is 0.508 e. The van der Waals surface area contributed by atoms with E-state index in [0.29, 0.717) is 12.5 Å². The van der Waals surface area contributed by atoms with E-state index in [4.69, 9.17) is 9.47 Å². The first kappa shape index (κ1) is 22.1. The lowest BCUT2D eigenvalue weighted by molar-refractivity contribution is 0.0320. The quantitative estimate of drug-likeness (QED) is 0.517. The molecule has 3 aromatic rings. The summed E-state index contributed by atoms with van der Waals surface area (Å²) in [6.07, 6.45) is 2.75. The molecule has 5 heteroatoms. The minimum atomic E-state index is 0.257. The molecule has 1 saturated heterocycles. The molecule has 1 aliphatic rings. The van der Waals surface area contributed by atoms with Gasteiger partial charge in [0.1, 0.15) is 12.4 Å². The third-order valence-corrected chi connectivity index (χ3v) is 5.72. The van der Waals surface area contributed by atoms with Crippen LogP contribution in [-0.2, 0) is 4.74 Å². The Morgan fingerprint density at radius 2 is 1.66 bits per heavy atom. The highest BCUT2D eigenvalue weighted by molar-refractivity contribution is 5.98. The zero-order chi connectivity index (χ0) is 22.2. The van der Waals surface area contributed by atoms with Crippen molar-refractivity contribution in [1.29, 1.82) is 0 Å². The molecule has 0 unspecified atom stereocenters. The number of phenolic OH excluding ortho intramolecular Hbond substituents is 1. The monoisotopic (exact) mass is 430 g/mol. The van der Waals surface area contributed by atoms with Crippen molar-refractivity contribution >= 4 is 11.1 Å². The molecular formula is C27H30N2O3. The molecule has 1 fully saturated rings. The topological polar surface area (TPSA) is 54.8 Å². The SMILES string of the molecule is CC/C(=C(\c1ccc(O)cc1)c1ccc(OCCN2CCOCC2)nc1)c1ccccc1. The molecule has 1 aliphatic heterocycles. The van der Waals surface area contributed by atoms with Gasteiger partial charge in [-0.15, -0.1) is 0 Å². The van der Waals surface area contributed by atoms with Crippen LogP contribution in [0.5, 0.6) is 11.6 Å². The van der Waals surface area contributed by atoms with Gasteiger partial charge in [0.15, 0.2) is 0 Å². The highest BCUT2D eigenvalue weighted by atomic mass is 16.5. The molecule has 1 aromatic heterocycles. The first-order valence-electron chi connectivity index (χ1n) is 11.2. The van der Waals surface area contributed by atoms with Crippen LogP contribution in [0.2, 0.25) is 0 Å². The Labute approximate surface area is 190 Å². The number of nitrogens with zero attached hydrogens (tertiary/aromatic N) is 2. The zero-order valence-corrected chi connectivity index (χ0v) is 18.5. The van der Waals surface area contributed by atoms with Gasteiger partial charge in [-0.1, -0.05) is 49.4 Å². The van der Waals surface area contributed by atoms with Crippen molar-refractivity contribution in [3.63, 3.8) is 0 Å². The van der Waals surface area contributed by atoms with Crippen molar-refractivity contribution in [2.75, 3.05) is 39.5 Å². The van der Waals surface area contributed by atoms with Gasteiger partial charge in [-0.3, -0.25) is 4.90 Å². The summed E-state index contributed by atoms with van der Waals surface area (Å²) in [4.78, 5) is 6.93. The first-order chi connectivity index (χ1) is 15.7. The zero-order valence-electron chi connectivity index (χ0n) is 18.5. The summed E-state index contributed by atoms with van der Waals surface area (Å²) in [5, 5.41) is 9.78. The number of aromatic nitrogens is 1. The van der Waals surface area contributed by atoms with Crippen molar-refractivity contribution < 1.29 is 14.6 Å². The van der Waals surface area contributed by atoms with Crippen LogP contribution >= 0.6 is 0 Å². The standard InChI is InChI=1S/C27H30N2O3/c1-2-25(21-6-4-3-5-7-21)27(22-8-11-24(30)12-9-22)23-10-13-26(28-20-23)32-19-16-29-14-17-31-18-15-29/h3-13,20,30H,2,14-19H2,1H3/b27-25-. The van der Waals surface area contributed by atoms with Crippen LogP contribution < -0.4 is 4.74 Å². The lowest BCUT2D eigenvalue weighted by Gasteiger charge is -2.26. The molecule has 0 saturated carbocycles. The molecule has 2 aromatic carbocycles. The molecule has 166 valence electrons. The fourth-order valence-electron chi connectivity index (χ4n) is 4.03. The fraction of sp³-hybridized carbons (Fsp3) is 0.296. The Kier molecular flexibility index (Phi) is 7.54. The minimum Gasteiger partial charge on any atom is -0.508 e. The van der Waals surface area contributed by atoms with E-state index in [-0.39, 0.29) is 5.75 Å². The minimum absolute atomic E-state index is 0.257. The Balaban J connectivity index is 1.58. The third-order valence-electron chi connectivity index (χ3n) is 5.72. The third kappa shape index (κ3) is 5.55. The number of benzene rings is 2. The van der Waals surface area contributed by atoms with Crippen molar-refractivity contribution in [3.05, 3.63) is 89.6 Å². The lowest BCUT2D eigenvalue weighted by Crippen LogP contribution is -2.38. The maximum Gasteiger partial charge on any atom is 0.213 e. The average molecular weight is 431 g/mol. The molecule has 0 aliphatic carbocycles. The number of allylic oxidation sites excluding steroid dienone is 1. The lowest BCUT2D eigenvalue weighted by atomic mass is 9.89. The molecule has 4 rings (SSSR count). The molecule has 2 heterocycles. The molecule has 1 N–H and O–H groups in total. The highest BCUT2D eigenvalue weighted by Crippen LogP contribution is 2.35. The maximum absolute atomic E-state index is 9.78. The van der Waals surface area contributed by atoms with Gasteiger partial charge in [0, 0.05) is 37.5 Å². The summed E-state index contributed by atoms with van der Waals surface area (Å²) >= 11 is 0. The maximum atomic E-state index is 9.78. The van der Waals surface area contributed by atoms with Gasteiger partial charge in [-0.25, -0.2) is 4.98 Å². The molecule has 0 radical (unpaired) electrons. The number of pyridine rings is 1. The molecule has 0 spiro atoms. The Bertz CT molecular complexity index is 1010. The summed E-state index contributed by atoms with van der Waals surface area (Å²) in [6, 6.07) is 21.8. The molecule has 5 nitrogen and oxygen atoms in total. The van der Waals surface area contributed by atoms with Gasteiger partial charge in [0.05, 0.1) is 13.2 Å². The van der Waals surface area contributed by atoms with Crippen molar-refractivity contribution in [2.24, 2.45) is 0 Å². The van der Waals surface area contributed by atoms with Gasteiger partial charge in [0.25, 0.3) is 0 Å². The summed E-state index contributed by atoms with van der Waals surface area (Å²) in [5.74, 6) is 0.887. The second-order valence-corrected chi connectivity index (χ2v) is 7.81. The predicted molar refractivity (Wildman–Crippen MR) is 128 cm³/mol. The van der Waals surface area contributed by atoms with E-state index in [9.17, 15) is 5.11 Å². The number of morpholine rings is 1. The number of hydrogen-bond acceptors (Lipinski definition) is 5. The van der Waals surface area contributed by atoms with E-state index < -0.39 is 0 Å². The summed E-state index contributed by atoms with van der Waals surface area (Å²) in [7, 11) is 0. The van der Waals surface area contributed by atoms with Crippen molar-refractivity contribution in [3.8, 4) is 11.6 Å². The van der Waals surface area contributed by atoms with Gasteiger partial charge in [-0.05, 0) is 46.9 Å². The number of ether oxygens (including phenoxy) is 2. The van der Waals surface area contributed by atoms with Crippen LogP contribution in [0.15, 0.2) is 72.9 Å². The smallest absolute Gasteiger partial charge is 0.213 e. The van der Waals surface area contributed by atoms with Gasteiger partial charge in [-0.2, -0.15) is 0 Å². The van der Waals surface area contributed by atoms with E-state index in [0.717, 1.165) is 56.0 Å². The predicted octanol–water partition coefficient (Wildman–Crippen LogP) is 4.87. The Morgan fingerprint density at radius 1 is 0.938 bits per heavy atom. The van der Waals surface area contributed by atoms with E-state index in [1.165, 1.54) is 11.1 Å². The first-order valence-corrected chi connectivity index (χ1v) is 11.2. The second-order valence-electron chi connectivity index (χ2n) is 7.81. The number of rotatable bonds is 8.